The minimum Gasteiger partial charge on any atom is -0.387 e. The van der Waals surface area contributed by atoms with Gasteiger partial charge < -0.3 is 11.5 Å². The Hall–Kier alpha value is -0.630. The number of nitrogens with one attached hydrogen (secondary N) is 1. The van der Waals surface area contributed by atoms with Crippen molar-refractivity contribution in [1.29, 1.82) is 5.41 Å². The number of nitrogens with two attached hydrogens (primary N) is 2. The fourth-order valence-corrected chi connectivity index (χ4v) is 4.37. The van der Waals surface area contributed by atoms with E-state index in [0.717, 1.165) is 44.9 Å². The molecule has 1 heterocycles. The lowest BCUT2D eigenvalue weighted by Gasteiger charge is -2.30. The van der Waals surface area contributed by atoms with E-state index in [2.05, 4.69) is 4.99 Å². The van der Waals surface area contributed by atoms with Crippen LogP contribution in [0.5, 0.6) is 0 Å². The number of aliphatic imine (C=N–C) groups is 1. The van der Waals surface area contributed by atoms with Crippen molar-refractivity contribution in [3.63, 3.8) is 0 Å². The second-order valence-corrected chi connectivity index (χ2v) is 7.37. The molecule has 5 unspecified atom stereocenters. The van der Waals surface area contributed by atoms with Gasteiger partial charge in [-0.3, -0.25) is 5.41 Å². The third kappa shape index (κ3) is 3.59. The van der Waals surface area contributed by atoms with E-state index in [1.54, 1.807) is 0 Å². The zero-order chi connectivity index (χ0) is 14.8. The Morgan fingerprint density at radius 1 is 1.14 bits per heavy atom. The molecule has 3 rings (SSSR count). The first-order chi connectivity index (χ1) is 10.1. The maximum atomic E-state index is 7.89. The molecule has 1 aliphatic heterocycles. The molecular weight excluding hydrogens is 288 g/mol. The Bertz CT molecular complexity index is 431. The second kappa shape index (κ2) is 6.64. The van der Waals surface area contributed by atoms with Crippen molar-refractivity contribution in [2.75, 3.05) is 0 Å². The normalized spacial score (nSPS) is 40.0. The minimum atomic E-state index is 0.126. The number of hydrogen-bond donors (Lipinski definition) is 3. The molecule has 5 atom stereocenters. The summed E-state index contributed by atoms with van der Waals surface area (Å²) in [6.45, 7) is 0. The fourth-order valence-electron chi connectivity index (χ4n) is 3.58. The van der Waals surface area contributed by atoms with E-state index in [1.807, 2.05) is 0 Å². The van der Waals surface area contributed by atoms with E-state index >= 15 is 0 Å². The molecular formula is C14H24N4O2S. The molecule has 6 nitrogen and oxygen atoms in total. The van der Waals surface area contributed by atoms with Crippen LogP contribution in [0.1, 0.15) is 44.9 Å². The van der Waals surface area contributed by atoms with Gasteiger partial charge in [-0.2, -0.15) is 4.33 Å². The van der Waals surface area contributed by atoms with Crippen molar-refractivity contribution >= 4 is 23.7 Å². The lowest BCUT2D eigenvalue weighted by atomic mass is 9.79. The Balaban J connectivity index is 1.40. The largest absolute Gasteiger partial charge is 0.387 e. The topological polar surface area (TPSA) is 107 Å². The van der Waals surface area contributed by atoms with Gasteiger partial charge in [0, 0.05) is 35.2 Å². The third-order valence-corrected chi connectivity index (χ3v) is 5.66. The SMILES string of the molecule is N=C1N=C(N)C2CCC(SOOC3CCCC(N)C3)CC12. The maximum absolute atomic E-state index is 7.89. The molecule has 2 fully saturated rings. The molecule has 3 aliphatic rings. The molecule has 0 aromatic carbocycles. The molecule has 0 amide bonds. The summed E-state index contributed by atoms with van der Waals surface area (Å²) >= 11 is 1.39. The van der Waals surface area contributed by atoms with Gasteiger partial charge >= 0.3 is 0 Å². The summed E-state index contributed by atoms with van der Waals surface area (Å²) in [6.07, 6.45) is 7.14. The molecule has 7 heteroatoms. The van der Waals surface area contributed by atoms with Gasteiger partial charge in [0.2, 0.25) is 0 Å². The van der Waals surface area contributed by atoms with Crippen LogP contribution in [0.25, 0.3) is 0 Å². The summed E-state index contributed by atoms with van der Waals surface area (Å²) in [5, 5.41) is 8.24. The third-order valence-electron chi connectivity index (χ3n) is 4.80. The monoisotopic (exact) mass is 312 g/mol. The smallest absolute Gasteiger partial charge is 0.126 e. The Morgan fingerprint density at radius 3 is 2.81 bits per heavy atom. The average molecular weight is 312 g/mol. The highest BCUT2D eigenvalue weighted by Crippen LogP contribution is 2.40. The van der Waals surface area contributed by atoms with Gasteiger partial charge in [-0.05, 0) is 44.9 Å². The molecule has 118 valence electrons. The molecule has 0 aromatic rings. The number of amidine groups is 2. The molecule has 2 aliphatic carbocycles. The Kier molecular flexibility index (Phi) is 4.83. The average Bonchev–Trinajstić information content (AvgIpc) is 2.74. The van der Waals surface area contributed by atoms with E-state index in [1.165, 1.54) is 12.0 Å². The Morgan fingerprint density at radius 2 is 2.00 bits per heavy atom. The van der Waals surface area contributed by atoms with Crippen molar-refractivity contribution in [3.8, 4) is 0 Å². The van der Waals surface area contributed by atoms with Gasteiger partial charge in [-0.15, -0.1) is 0 Å². The van der Waals surface area contributed by atoms with Crippen LogP contribution < -0.4 is 11.5 Å². The van der Waals surface area contributed by atoms with Gasteiger partial charge in [-0.1, -0.05) is 0 Å². The predicted octanol–water partition coefficient (Wildman–Crippen LogP) is 1.99. The maximum Gasteiger partial charge on any atom is 0.126 e. The van der Waals surface area contributed by atoms with Crippen molar-refractivity contribution in [2.45, 2.75) is 62.3 Å². The Labute approximate surface area is 129 Å². The molecule has 2 saturated carbocycles. The van der Waals surface area contributed by atoms with Gasteiger partial charge in [0.15, 0.2) is 0 Å². The van der Waals surface area contributed by atoms with Crippen molar-refractivity contribution in [3.05, 3.63) is 0 Å². The quantitative estimate of drug-likeness (QED) is 0.418. The van der Waals surface area contributed by atoms with Crippen LogP contribution in [-0.2, 0) is 9.22 Å². The highest BCUT2D eigenvalue weighted by molar-refractivity contribution is 7.95. The van der Waals surface area contributed by atoms with E-state index in [-0.39, 0.29) is 24.0 Å². The van der Waals surface area contributed by atoms with Gasteiger partial charge in [0.05, 0.1) is 6.10 Å². The van der Waals surface area contributed by atoms with Crippen LogP contribution >= 0.6 is 12.0 Å². The molecule has 0 bridgehead atoms. The number of hydrogen-bond acceptors (Lipinski definition) is 6. The van der Waals surface area contributed by atoms with Crippen LogP contribution in [0.3, 0.4) is 0 Å². The summed E-state index contributed by atoms with van der Waals surface area (Å²) in [5.74, 6) is 1.51. The van der Waals surface area contributed by atoms with Crippen molar-refractivity contribution in [2.24, 2.45) is 28.3 Å². The zero-order valence-corrected chi connectivity index (χ0v) is 13.0. The van der Waals surface area contributed by atoms with E-state index in [0.29, 0.717) is 16.9 Å². The van der Waals surface area contributed by atoms with Crippen LogP contribution in [0, 0.1) is 17.2 Å². The number of rotatable bonds is 4. The summed E-state index contributed by atoms with van der Waals surface area (Å²) in [5.41, 5.74) is 11.8. The summed E-state index contributed by atoms with van der Waals surface area (Å²) in [4.78, 5) is 9.60. The highest BCUT2D eigenvalue weighted by atomic mass is 32.2. The lowest BCUT2D eigenvalue weighted by molar-refractivity contribution is -0.239. The van der Waals surface area contributed by atoms with Crippen LogP contribution in [0.4, 0.5) is 0 Å². The van der Waals surface area contributed by atoms with Crippen LogP contribution in [0.15, 0.2) is 4.99 Å². The lowest BCUT2D eigenvalue weighted by Crippen LogP contribution is -2.33. The molecule has 0 aromatic heterocycles. The highest BCUT2D eigenvalue weighted by Gasteiger charge is 2.40. The molecule has 0 saturated heterocycles. The molecule has 0 radical (unpaired) electrons. The van der Waals surface area contributed by atoms with Crippen LogP contribution in [-0.4, -0.2) is 29.1 Å². The van der Waals surface area contributed by atoms with Gasteiger partial charge in [-0.25, -0.2) is 9.88 Å². The second-order valence-electron chi connectivity index (χ2n) is 6.38. The van der Waals surface area contributed by atoms with Crippen molar-refractivity contribution < 1.29 is 9.22 Å². The zero-order valence-electron chi connectivity index (χ0n) is 12.2. The first kappa shape index (κ1) is 15.3. The number of fused-ring (bicyclic) bond motifs is 1. The van der Waals surface area contributed by atoms with Crippen molar-refractivity contribution in [1.82, 2.24) is 0 Å². The summed E-state index contributed by atoms with van der Waals surface area (Å²) in [6, 6.07) is 0.242. The van der Waals surface area contributed by atoms with E-state index in [9.17, 15) is 0 Å². The molecule has 0 spiro atoms. The standard InChI is InChI=1S/C14H24N4O2S/c15-8-2-1-3-9(6-8)19-20-21-10-4-5-11-12(7-10)14(17)18-13(11)16/h8-12H,1-7,15H2,(H3,16,17,18). The minimum absolute atomic E-state index is 0.126. The predicted molar refractivity (Wildman–Crippen MR) is 84.0 cm³/mol. The van der Waals surface area contributed by atoms with Crippen LogP contribution in [0.2, 0.25) is 0 Å². The first-order valence-corrected chi connectivity index (χ1v) is 8.61. The van der Waals surface area contributed by atoms with E-state index < -0.39 is 0 Å². The fraction of sp³-hybridized carbons (Fsp3) is 0.857. The first-order valence-electron chi connectivity index (χ1n) is 7.80. The van der Waals surface area contributed by atoms with Gasteiger partial charge in [0.1, 0.15) is 11.7 Å². The molecule has 5 N–H and O–H groups in total. The summed E-state index contributed by atoms with van der Waals surface area (Å²) in [7, 11) is 0. The summed E-state index contributed by atoms with van der Waals surface area (Å²) < 4.78 is 5.39. The van der Waals surface area contributed by atoms with E-state index in [4.69, 9.17) is 26.1 Å². The number of nitrogens with zero attached hydrogens (tertiary/aromatic N) is 1. The molecule has 21 heavy (non-hydrogen) atoms. The van der Waals surface area contributed by atoms with Gasteiger partial charge in [0.25, 0.3) is 0 Å².